The van der Waals surface area contributed by atoms with Crippen LogP contribution in [0.3, 0.4) is 0 Å². The lowest BCUT2D eigenvalue weighted by Gasteiger charge is -2.15. The highest BCUT2D eigenvalue weighted by Gasteiger charge is 2.30. The highest BCUT2D eigenvalue weighted by molar-refractivity contribution is 5.91. The molecule has 3 rings (SSSR count). The van der Waals surface area contributed by atoms with E-state index in [9.17, 15) is 14.9 Å². The Bertz CT molecular complexity index is 736. The summed E-state index contributed by atoms with van der Waals surface area (Å²) >= 11 is 0. The predicted octanol–water partition coefficient (Wildman–Crippen LogP) is 2.94. The molecule has 1 N–H and O–H groups in total. The minimum absolute atomic E-state index is 0.0114. The summed E-state index contributed by atoms with van der Waals surface area (Å²) in [5.41, 5.74) is 0.598. The predicted molar refractivity (Wildman–Crippen MR) is 85.1 cm³/mol. The third-order valence-electron chi connectivity index (χ3n) is 4.11. The number of amides is 1. The number of nitrogens with one attached hydrogen (secondary N) is 1. The lowest BCUT2D eigenvalue weighted by molar-refractivity contribution is -0.384. The number of nitro benzene ring substituents is 1. The molecule has 0 saturated heterocycles. The maximum Gasteiger partial charge on any atom is 0.269 e. The summed E-state index contributed by atoms with van der Waals surface area (Å²) in [6.45, 7) is 2.10. The fraction of sp³-hybridized carbons (Fsp3) is 0.375. The number of carbonyl (C=O) groups excluding carboxylic acids is 1. The molecule has 1 atom stereocenters. The number of nitrogens with zero attached hydrogens (tertiary/aromatic N) is 3. The zero-order valence-corrected chi connectivity index (χ0v) is 12.8. The molecular weight excluding hydrogens is 296 g/mol. The Kier molecular flexibility index (Phi) is 4.10. The van der Waals surface area contributed by atoms with E-state index in [-0.39, 0.29) is 24.1 Å². The van der Waals surface area contributed by atoms with Crippen LogP contribution in [0.4, 0.5) is 11.5 Å². The van der Waals surface area contributed by atoms with E-state index in [1.54, 1.807) is 24.4 Å². The molecule has 7 heteroatoms. The molecule has 1 aliphatic rings. The minimum Gasteiger partial charge on any atom is -0.311 e. The molecule has 0 spiro atoms. The first-order chi connectivity index (χ1) is 11.0. The molecule has 7 nitrogen and oxygen atoms in total. The van der Waals surface area contributed by atoms with Crippen molar-refractivity contribution in [2.24, 2.45) is 5.92 Å². The first kappa shape index (κ1) is 15.2. The van der Waals surface area contributed by atoms with Crippen molar-refractivity contribution in [3.05, 3.63) is 52.2 Å². The van der Waals surface area contributed by atoms with E-state index in [1.165, 1.54) is 25.0 Å². The summed E-state index contributed by atoms with van der Waals surface area (Å²) in [6, 6.07) is 8.15. The Morgan fingerprint density at radius 2 is 2.26 bits per heavy atom. The lowest BCUT2D eigenvalue weighted by atomic mass is 10.1. The molecule has 1 aliphatic carbocycles. The van der Waals surface area contributed by atoms with Crippen LogP contribution in [0.25, 0.3) is 0 Å². The lowest BCUT2D eigenvalue weighted by Crippen LogP contribution is -2.19. The normalized spacial score (nSPS) is 15.2. The highest BCUT2D eigenvalue weighted by Crippen LogP contribution is 2.40. The molecule has 120 valence electrons. The van der Waals surface area contributed by atoms with Gasteiger partial charge in [-0.25, -0.2) is 4.68 Å². The van der Waals surface area contributed by atoms with E-state index in [2.05, 4.69) is 17.3 Å². The Balaban J connectivity index is 1.67. The van der Waals surface area contributed by atoms with Crippen molar-refractivity contribution in [1.82, 2.24) is 9.78 Å². The van der Waals surface area contributed by atoms with Gasteiger partial charge in [-0.3, -0.25) is 14.9 Å². The number of hydrogen-bond donors (Lipinski definition) is 1. The number of benzene rings is 1. The average molecular weight is 314 g/mol. The number of nitro groups is 1. The number of hydrogen-bond acceptors (Lipinski definition) is 4. The summed E-state index contributed by atoms with van der Waals surface area (Å²) < 4.78 is 1.84. The summed E-state index contributed by atoms with van der Waals surface area (Å²) in [5, 5.41) is 17.9. The first-order valence-corrected chi connectivity index (χ1v) is 7.61. The van der Waals surface area contributed by atoms with E-state index in [0.29, 0.717) is 17.3 Å². The van der Waals surface area contributed by atoms with Crippen LogP contribution in [-0.4, -0.2) is 20.6 Å². The van der Waals surface area contributed by atoms with Gasteiger partial charge < -0.3 is 5.32 Å². The van der Waals surface area contributed by atoms with E-state index in [4.69, 9.17) is 0 Å². The van der Waals surface area contributed by atoms with Crippen molar-refractivity contribution < 1.29 is 9.72 Å². The summed E-state index contributed by atoms with van der Waals surface area (Å²) in [7, 11) is 0. The van der Waals surface area contributed by atoms with E-state index in [0.717, 1.165) is 0 Å². The van der Waals surface area contributed by atoms with Crippen LogP contribution >= 0.6 is 0 Å². The molecule has 1 saturated carbocycles. The molecular formula is C16H18N4O3. The maximum absolute atomic E-state index is 12.2. The maximum atomic E-state index is 12.2. The Morgan fingerprint density at radius 3 is 2.96 bits per heavy atom. The SMILES string of the molecule is CC(C1CC1)n1nccc1NC(=O)Cc1cccc([N+](=O)[O-])c1. The van der Waals surface area contributed by atoms with Gasteiger partial charge in [-0.05, 0) is 31.2 Å². The second-order valence-corrected chi connectivity index (χ2v) is 5.89. The third-order valence-corrected chi connectivity index (χ3v) is 4.11. The van der Waals surface area contributed by atoms with Crippen molar-refractivity contribution in [1.29, 1.82) is 0 Å². The van der Waals surface area contributed by atoms with Gasteiger partial charge in [0.1, 0.15) is 5.82 Å². The second-order valence-electron chi connectivity index (χ2n) is 5.89. The fourth-order valence-corrected chi connectivity index (χ4v) is 2.67. The van der Waals surface area contributed by atoms with Gasteiger partial charge in [0.2, 0.25) is 5.91 Å². The standard InChI is InChI=1S/C16H18N4O3/c1-11(13-5-6-13)19-15(7-8-17-19)18-16(21)10-12-3-2-4-14(9-12)20(22)23/h2-4,7-9,11,13H,5-6,10H2,1H3,(H,18,21). The number of anilines is 1. The molecule has 0 aliphatic heterocycles. The van der Waals surface area contributed by atoms with Crippen LogP contribution in [0.2, 0.25) is 0 Å². The zero-order chi connectivity index (χ0) is 16.4. The molecule has 1 amide bonds. The van der Waals surface area contributed by atoms with Crippen LogP contribution in [0.1, 0.15) is 31.4 Å². The van der Waals surface area contributed by atoms with Crippen LogP contribution in [0.5, 0.6) is 0 Å². The third kappa shape index (κ3) is 3.56. The number of non-ortho nitro benzene ring substituents is 1. The molecule has 1 heterocycles. The fourth-order valence-electron chi connectivity index (χ4n) is 2.67. The largest absolute Gasteiger partial charge is 0.311 e. The monoisotopic (exact) mass is 314 g/mol. The average Bonchev–Trinajstić information content (AvgIpc) is 3.27. The summed E-state index contributed by atoms with van der Waals surface area (Å²) in [4.78, 5) is 22.5. The summed E-state index contributed by atoms with van der Waals surface area (Å²) in [6.07, 6.45) is 4.15. The topological polar surface area (TPSA) is 90.1 Å². The quantitative estimate of drug-likeness (QED) is 0.655. The van der Waals surface area contributed by atoms with E-state index in [1.807, 2.05) is 4.68 Å². The van der Waals surface area contributed by atoms with Crippen molar-refractivity contribution >= 4 is 17.4 Å². The van der Waals surface area contributed by atoms with Gasteiger partial charge >= 0.3 is 0 Å². The molecule has 1 aromatic carbocycles. The van der Waals surface area contributed by atoms with Gasteiger partial charge in [-0.2, -0.15) is 5.10 Å². The summed E-state index contributed by atoms with van der Waals surface area (Å²) in [5.74, 6) is 1.08. The minimum atomic E-state index is -0.464. The second kappa shape index (κ2) is 6.20. The molecule has 1 fully saturated rings. The van der Waals surface area contributed by atoms with Crippen molar-refractivity contribution in [3.8, 4) is 0 Å². The molecule has 23 heavy (non-hydrogen) atoms. The molecule has 0 radical (unpaired) electrons. The van der Waals surface area contributed by atoms with Gasteiger partial charge in [0, 0.05) is 18.2 Å². The number of rotatable bonds is 6. The van der Waals surface area contributed by atoms with Gasteiger partial charge in [0.25, 0.3) is 5.69 Å². The zero-order valence-electron chi connectivity index (χ0n) is 12.8. The Hall–Kier alpha value is -2.70. The van der Waals surface area contributed by atoms with Crippen LogP contribution in [-0.2, 0) is 11.2 Å². The van der Waals surface area contributed by atoms with Crippen molar-refractivity contribution in [3.63, 3.8) is 0 Å². The smallest absolute Gasteiger partial charge is 0.269 e. The van der Waals surface area contributed by atoms with E-state index < -0.39 is 4.92 Å². The van der Waals surface area contributed by atoms with E-state index >= 15 is 0 Å². The van der Waals surface area contributed by atoms with Crippen LogP contribution in [0.15, 0.2) is 36.5 Å². The molecule has 1 unspecified atom stereocenters. The number of aromatic nitrogens is 2. The first-order valence-electron chi connectivity index (χ1n) is 7.61. The van der Waals surface area contributed by atoms with Gasteiger partial charge in [0.15, 0.2) is 0 Å². The number of carbonyl (C=O) groups is 1. The van der Waals surface area contributed by atoms with Gasteiger partial charge in [-0.15, -0.1) is 0 Å². The van der Waals surface area contributed by atoms with Crippen molar-refractivity contribution in [2.75, 3.05) is 5.32 Å². The van der Waals surface area contributed by atoms with Crippen LogP contribution < -0.4 is 5.32 Å². The van der Waals surface area contributed by atoms with Gasteiger partial charge in [0.05, 0.1) is 23.6 Å². The molecule has 2 aromatic rings. The Labute approximate surface area is 133 Å². The van der Waals surface area contributed by atoms with Crippen LogP contribution in [0, 0.1) is 16.0 Å². The highest BCUT2D eigenvalue weighted by atomic mass is 16.6. The molecule has 0 bridgehead atoms. The Morgan fingerprint density at radius 1 is 1.48 bits per heavy atom. The van der Waals surface area contributed by atoms with Crippen molar-refractivity contribution in [2.45, 2.75) is 32.2 Å². The van der Waals surface area contributed by atoms with Gasteiger partial charge in [-0.1, -0.05) is 12.1 Å². The molecule has 1 aromatic heterocycles.